The van der Waals surface area contributed by atoms with Crippen LogP contribution in [0.1, 0.15) is 83.9 Å². The van der Waals surface area contributed by atoms with Crippen LogP contribution in [-0.2, 0) is 31.1 Å². The summed E-state index contributed by atoms with van der Waals surface area (Å²) in [7, 11) is 0. The quantitative estimate of drug-likeness (QED) is 0.0732. The van der Waals surface area contributed by atoms with E-state index in [-0.39, 0.29) is 53.4 Å². The summed E-state index contributed by atoms with van der Waals surface area (Å²) in [6.45, 7) is 15.9. The third-order valence-corrected chi connectivity index (χ3v) is 9.90. The molecule has 257 valence electrons. The van der Waals surface area contributed by atoms with Gasteiger partial charge >= 0.3 is 6.18 Å². The van der Waals surface area contributed by atoms with E-state index in [1.54, 1.807) is 18.2 Å². The number of aryl methyl sites for hydroxylation is 2. The Bertz CT molecular complexity index is 1940. The van der Waals surface area contributed by atoms with Gasteiger partial charge in [0.05, 0.1) is 11.1 Å². The summed E-state index contributed by atoms with van der Waals surface area (Å²) in [5.41, 5.74) is 1.58. The molecule has 0 aliphatic rings. The molecule has 1 aromatic heterocycles. The average molecular weight is 834 g/mol. The van der Waals surface area contributed by atoms with E-state index in [2.05, 4.69) is 16.0 Å². The first-order valence-electron chi connectivity index (χ1n) is 16.2. The monoisotopic (exact) mass is 834 g/mol. The Labute approximate surface area is 295 Å². The van der Waals surface area contributed by atoms with E-state index >= 15 is 0 Å². The van der Waals surface area contributed by atoms with E-state index < -0.39 is 11.7 Å². The Morgan fingerprint density at radius 3 is 1.92 bits per heavy atom. The molecule has 5 aromatic rings. The summed E-state index contributed by atoms with van der Waals surface area (Å²) in [5.74, 6) is 0.286. The van der Waals surface area contributed by atoms with Crippen molar-refractivity contribution in [3.8, 4) is 11.3 Å². The van der Waals surface area contributed by atoms with Crippen LogP contribution in [0, 0.1) is 30.7 Å². The number of hydrogen-bond acceptors (Lipinski definition) is 4. The van der Waals surface area contributed by atoms with Gasteiger partial charge in [0, 0.05) is 37.0 Å². The zero-order valence-corrected chi connectivity index (χ0v) is 31.3. The van der Waals surface area contributed by atoms with E-state index in [1.165, 1.54) is 12.4 Å². The third-order valence-electron chi connectivity index (χ3n) is 9.90. The van der Waals surface area contributed by atoms with Crippen LogP contribution in [0.2, 0.25) is 0 Å². The number of halogens is 3. The normalized spacial score (nSPS) is 12.5. The van der Waals surface area contributed by atoms with E-state index in [0.29, 0.717) is 22.0 Å². The van der Waals surface area contributed by atoms with Gasteiger partial charge in [0.2, 0.25) is 0 Å². The molecular weight excluding hydrogens is 790 g/mol. The van der Waals surface area contributed by atoms with Crippen LogP contribution >= 0.6 is 0 Å². The number of aliphatic hydroxyl groups excluding tert-OH is 1. The number of benzene rings is 4. The number of aromatic nitrogens is 2. The summed E-state index contributed by atoms with van der Waals surface area (Å²) < 4.78 is 42.7. The minimum absolute atomic E-state index is 0. The molecule has 0 fully saturated rings. The fourth-order valence-electron chi connectivity index (χ4n) is 5.82. The van der Waals surface area contributed by atoms with Gasteiger partial charge in [-0.1, -0.05) is 85.7 Å². The average Bonchev–Trinajstić information content (AvgIpc) is 3.04. The van der Waals surface area contributed by atoms with Crippen molar-refractivity contribution in [3.63, 3.8) is 0 Å². The molecule has 1 N–H and O–H groups in total. The molecule has 0 saturated heterocycles. The molecule has 1 radical (unpaired) electrons. The molecule has 0 bridgehead atoms. The largest absolute Gasteiger partial charge is 0.512 e. The molecule has 5 rings (SSSR count). The number of nitrogens with zero attached hydrogens (tertiary/aromatic N) is 2. The molecule has 48 heavy (non-hydrogen) atoms. The van der Waals surface area contributed by atoms with Crippen molar-refractivity contribution >= 4 is 38.2 Å². The maximum atomic E-state index is 14.2. The molecule has 0 atom stereocenters. The van der Waals surface area contributed by atoms with Crippen LogP contribution in [0.4, 0.5) is 13.2 Å². The molecule has 4 nitrogen and oxygen atoms in total. The summed E-state index contributed by atoms with van der Waals surface area (Å²) in [4.78, 5) is 20.6. The van der Waals surface area contributed by atoms with Gasteiger partial charge < -0.3 is 5.11 Å². The Kier molecular flexibility index (Phi) is 12.4. The predicted octanol–water partition coefficient (Wildman–Crippen LogP) is 11.7. The number of ketones is 1. The van der Waals surface area contributed by atoms with Gasteiger partial charge in [-0.05, 0) is 70.4 Å². The Morgan fingerprint density at radius 1 is 0.812 bits per heavy atom. The Hall–Kier alpha value is -3.61. The van der Waals surface area contributed by atoms with Crippen molar-refractivity contribution in [1.82, 2.24) is 9.97 Å². The molecule has 0 aliphatic carbocycles. The number of alkyl halides is 3. The molecule has 8 heteroatoms. The minimum Gasteiger partial charge on any atom is -0.512 e. The first-order valence-corrected chi connectivity index (χ1v) is 16.2. The van der Waals surface area contributed by atoms with Crippen molar-refractivity contribution < 1.29 is 43.2 Å². The van der Waals surface area contributed by atoms with Crippen molar-refractivity contribution in [2.24, 2.45) is 10.8 Å². The zero-order chi connectivity index (χ0) is 34.7. The van der Waals surface area contributed by atoms with Gasteiger partial charge in [-0.2, -0.15) is 13.2 Å². The third kappa shape index (κ3) is 7.98. The van der Waals surface area contributed by atoms with Gasteiger partial charge in [0.25, 0.3) is 0 Å². The summed E-state index contributed by atoms with van der Waals surface area (Å²) in [5, 5.41) is 12.8. The zero-order valence-electron chi connectivity index (χ0n) is 28.9. The summed E-state index contributed by atoms with van der Waals surface area (Å²) in [6, 6.07) is 19.6. The molecule has 0 amide bonds. The molecule has 0 unspecified atom stereocenters. The SMILES string of the molecule is CCC(C)(CC)C(=O)/C=C(\O)C(C)(CC)CC.Cc1[c-]c(-c2ncnc3c(C(F)(F)F)c4cc5ccccc5cc4cc23)cc(C)c1.[Ir]. The van der Waals surface area contributed by atoms with Crippen LogP contribution in [0.25, 0.3) is 43.7 Å². The van der Waals surface area contributed by atoms with Crippen LogP contribution in [0.15, 0.2) is 72.8 Å². The molecule has 0 spiro atoms. The number of hydrogen-bond donors (Lipinski definition) is 1. The van der Waals surface area contributed by atoms with E-state index in [4.69, 9.17) is 0 Å². The van der Waals surface area contributed by atoms with Gasteiger partial charge in [0.15, 0.2) is 5.78 Å². The number of aliphatic hydroxyl groups is 1. The molecule has 0 saturated carbocycles. The molecule has 0 aliphatic heterocycles. The fraction of sp³-hybridized carbons (Fsp3) is 0.375. The van der Waals surface area contributed by atoms with Gasteiger partial charge in [-0.3, -0.25) is 9.78 Å². The van der Waals surface area contributed by atoms with E-state index in [0.717, 1.165) is 47.6 Å². The summed E-state index contributed by atoms with van der Waals surface area (Å²) >= 11 is 0. The number of rotatable bonds is 8. The Morgan fingerprint density at radius 2 is 1.38 bits per heavy atom. The smallest absolute Gasteiger partial charge is 0.419 e. The van der Waals surface area contributed by atoms with Crippen LogP contribution in [0.5, 0.6) is 0 Å². The van der Waals surface area contributed by atoms with Gasteiger partial charge in [-0.15, -0.1) is 34.9 Å². The van der Waals surface area contributed by atoms with Crippen molar-refractivity contribution in [2.45, 2.75) is 87.2 Å². The maximum absolute atomic E-state index is 14.2. The second-order valence-corrected chi connectivity index (χ2v) is 13.0. The second kappa shape index (κ2) is 15.3. The minimum atomic E-state index is -4.56. The van der Waals surface area contributed by atoms with Crippen molar-refractivity contribution in [2.75, 3.05) is 0 Å². The number of allylic oxidation sites excluding steroid dienone is 2. The van der Waals surface area contributed by atoms with Crippen molar-refractivity contribution in [3.05, 3.63) is 95.5 Å². The predicted molar refractivity (Wildman–Crippen MR) is 186 cm³/mol. The first kappa shape index (κ1) is 38.8. The number of carbonyl (C=O) groups is 1. The molecule has 1 heterocycles. The van der Waals surface area contributed by atoms with Crippen LogP contribution < -0.4 is 0 Å². The van der Waals surface area contributed by atoms with E-state index in [1.807, 2.05) is 91.8 Å². The van der Waals surface area contributed by atoms with Crippen LogP contribution in [0.3, 0.4) is 0 Å². The van der Waals surface area contributed by atoms with Gasteiger partial charge in [-0.25, -0.2) is 4.98 Å². The fourth-order valence-corrected chi connectivity index (χ4v) is 5.82. The van der Waals surface area contributed by atoms with Crippen molar-refractivity contribution in [1.29, 1.82) is 0 Å². The standard InChI is InChI=1S/C25H16F3N2.C15H28O2.Ir/c1-14-7-15(2)9-19(8-14)23-21-12-18-10-16-5-3-4-6-17(16)11-20(18)22(25(26,27)28)24(21)30-13-29-23;1-7-14(5,8-2)12(16)11-13(17)15(6,9-3)10-4;/h3-8,10-13H,1-2H3;11,16H,7-10H2,1-6H3;/q-1;;/b;12-11-;. The van der Waals surface area contributed by atoms with Gasteiger partial charge in [0.1, 0.15) is 12.1 Å². The maximum Gasteiger partial charge on any atom is 0.419 e. The van der Waals surface area contributed by atoms with Crippen LogP contribution in [-0.4, -0.2) is 20.9 Å². The topological polar surface area (TPSA) is 63.1 Å². The number of fused-ring (bicyclic) bond motifs is 3. The second-order valence-electron chi connectivity index (χ2n) is 13.0. The van der Waals surface area contributed by atoms with E-state index in [9.17, 15) is 23.1 Å². The summed E-state index contributed by atoms with van der Waals surface area (Å²) in [6.07, 6.45) is 1.40. The number of carbonyl (C=O) groups excluding carboxylic acids is 1. The molecule has 4 aromatic carbocycles. The Balaban J connectivity index is 0.000000301. The first-order chi connectivity index (χ1) is 22.1. The molecular formula is C40H44F3IrN2O2-.